The molecule has 0 aromatic heterocycles. The largest absolute Gasteiger partial charge is 0.441 e. The van der Waals surface area contributed by atoms with Crippen molar-refractivity contribution in [2.45, 2.75) is 57.0 Å². The zero-order valence-corrected chi connectivity index (χ0v) is 15.2. The number of hydrogen-bond acceptors (Lipinski definition) is 4. The Morgan fingerprint density at radius 3 is 2.68 bits per heavy atom. The summed E-state index contributed by atoms with van der Waals surface area (Å²) >= 11 is 0. The number of amides is 3. The van der Waals surface area contributed by atoms with Gasteiger partial charge < -0.3 is 19.4 Å². The molecule has 140 valence electrons. The first kappa shape index (κ1) is 18.0. The minimum Gasteiger partial charge on any atom is -0.441 e. The Kier molecular flexibility index (Phi) is 5.49. The van der Waals surface area contributed by atoms with Crippen LogP contribution in [-0.2, 0) is 14.3 Å². The lowest BCUT2D eigenvalue weighted by Gasteiger charge is -2.26. The van der Waals surface area contributed by atoms with Crippen molar-refractivity contribution in [2.75, 3.05) is 39.8 Å². The Morgan fingerprint density at radius 1 is 1.08 bits per heavy atom. The third-order valence-electron chi connectivity index (χ3n) is 5.66. The number of hydrogen-bond donors (Lipinski definition) is 0. The molecule has 1 spiro atoms. The van der Waals surface area contributed by atoms with Crippen LogP contribution in [0.3, 0.4) is 0 Å². The van der Waals surface area contributed by atoms with E-state index in [1.54, 1.807) is 11.9 Å². The molecule has 25 heavy (non-hydrogen) atoms. The zero-order chi connectivity index (χ0) is 17.9. The fourth-order valence-electron chi connectivity index (χ4n) is 4.13. The van der Waals surface area contributed by atoms with Crippen LogP contribution in [0.15, 0.2) is 0 Å². The number of carbonyl (C=O) groups excluding carboxylic acids is 3. The second-order valence-electron chi connectivity index (χ2n) is 7.58. The molecule has 7 nitrogen and oxygen atoms in total. The Bertz CT molecular complexity index is 538. The maximum atomic E-state index is 12.6. The van der Waals surface area contributed by atoms with Gasteiger partial charge in [0.05, 0.1) is 6.54 Å². The van der Waals surface area contributed by atoms with Gasteiger partial charge in [0.1, 0.15) is 5.60 Å². The lowest BCUT2D eigenvalue weighted by molar-refractivity contribution is -0.134. The van der Waals surface area contributed by atoms with Crippen molar-refractivity contribution in [3.63, 3.8) is 0 Å². The van der Waals surface area contributed by atoms with E-state index < -0.39 is 5.60 Å². The summed E-state index contributed by atoms with van der Waals surface area (Å²) in [6, 6.07) is 0. The molecule has 3 aliphatic rings. The molecule has 0 aliphatic carbocycles. The molecule has 0 saturated carbocycles. The predicted octanol–water partition coefficient (Wildman–Crippen LogP) is 1.61. The van der Waals surface area contributed by atoms with Gasteiger partial charge in [-0.1, -0.05) is 6.42 Å². The summed E-state index contributed by atoms with van der Waals surface area (Å²) < 4.78 is 5.59. The third kappa shape index (κ3) is 4.25. The quantitative estimate of drug-likeness (QED) is 0.775. The maximum absolute atomic E-state index is 12.6. The number of carbonyl (C=O) groups is 3. The average Bonchev–Trinajstić information content (AvgIpc) is 2.77. The highest BCUT2D eigenvalue weighted by molar-refractivity contribution is 5.79. The molecule has 0 aromatic rings. The van der Waals surface area contributed by atoms with Gasteiger partial charge in [-0.05, 0) is 25.7 Å². The van der Waals surface area contributed by atoms with Crippen LogP contribution in [0.2, 0.25) is 0 Å². The minimum absolute atomic E-state index is 0.103. The molecule has 7 heteroatoms. The molecule has 3 aliphatic heterocycles. The molecule has 3 heterocycles. The van der Waals surface area contributed by atoms with Crippen LogP contribution in [0, 0.1) is 0 Å². The fourth-order valence-corrected chi connectivity index (χ4v) is 4.13. The van der Waals surface area contributed by atoms with Gasteiger partial charge in [-0.3, -0.25) is 9.59 Å². The lowest BCUT2D eigenvalue weighted by Crippen LogP contribution is -2.39. The van der Waals surface area contributed by atoms with Crippen molar-refractivity contribution in [1.82, 2.24) is 14.7 Å². The molecule has 0 radical (unpaired) electrons. The van der Waals surface area contributed by atoms with Crippen molar-refractivity contribution in [2.24, 2.45) is 0 Å². The van der Waals surface area contributed by atoms with E-state index in [0.717, 1.165) is 38.6 Å². The Hall–Kier alpha value is -1.79. The number of rotatable bonds is 3. The molecule has 1 atom stereocenters. The topological polar surface area (TPSA) is 70.2 Å². The van der Waals surface area contributed by atoms with Crippen molar-refractivity contribution in [1.29, 1.82) is 0 Å². The van der Waals surface area contributed by atoms with Crippen molar-refractivity contribution in [3.05, 3.63) is 0 Å². The van der Waals surface area contributed by atoms with Gasteiger partial charge in [-0.2, -0.15) is 0 Å². The molecule has 3 rings (SSSR count). The highest BCUT2D eigenvalue weighted by atomic mass is 16.6. The van der Waals surface area contributed by atoms with E-state index in [1.165, 1.54) is 0 Å². The van der Waals surface area contributed by atoms with E-state index >= 15 is 0 Å². The number of likely N-dealkylation sites (N-methyl/N-ethyl adjacent to an activating group) is 1. The average molecular weight is 351 g/mol. The van der Waals surface area contributed by atoms with Crippen molar-refractivity contribution < 1.29 is 19.1 Å². The molecule has 0 bridgehead atoms. The molecule has 3 amide bonds. The van der Waals surface area contributed by atoms with Gasteiger partial charge in [-0.25, -0.2) is 4.79 Å². The van der Waals surface area contributed by atoms with Crippen LogP contribution in [-0.4, -0.2) is 78.0 Å². The minimum atomic E-state index is -0.429. The van der Waals surface area contributed by atoms with E-state index in [2.05, 4.69) is 0 Å². The van der Waals surface area contributed by atoms with Crippen LogP contribution < -0.4 is 0 Å². The van der Waals surface area contributed by atoms with Crippen LogP contribution in [0.25, 0.3) is 0 Å². The molecule has 1 unspecified atom stereocenters. The Morgan fingerprint density at radius 2 is 1.92 bits per heavy atom. The van der Waals surface area contributed by atoms with E-state index in [1.807, 2.05) is 9.80 Å². The summed E-state index contributed by atoms with van der Waals surface area (Å²) in [6.07, 6.45) is 6.16. The number of likely N-dealkylation sites (tertiary alicyclic amines) is 2. The van der Waals surface area contributed by atoms with Gasteiger partial charge in [0.25, 0.3) is 0 Å². The summed E-state index contributed by atoms with van der Waals surface area (Å²) in [4.78, 5) is 41.7. The van der Waals surface area contributed by atoms with Gasteiger partial charge in [0.2, 0.25) is 11.8 Å². The first-order chi connectivity index (χ1) is 12.0. The number of nitrogens with zero attached hydrogens (tertiary/aromatic N) is 3. The summed E-state index contributed by atoms with van der Waals surface area (Å²) in [5, 5.41) is 0. The highest BCUT2D eigenvalue weighted by Gasteiger charge is 2.44. The Balaban J connectivity index is 1.49. The van der Waals surface area contributed by atoms with E-state index in [9.17, 15) is 14.4 Å². The summed E-state index contributed by atoms with van der Waals surface area (Å²) in [5.41, 5.74) is -0.429. The highest BCUT2D eigenvalue weighted by Crippen LogP contribution is 2.32. The number of ether oxygens (including phenoxy) is 1. The third-order valence-corrected chi connectivity index (χ3v) is 5.66. The van der Waals surface area contributed by atoms with Gasteiger partial charge in [0.15, 0.2) is 0 Å². The Labute approximate surface area is 149 Å². The van der Waals surface area contributed by atoms with E-state index in [0.29, 0.717) is 45.4 Å². The molecular weight excluding hydrogens is 322 g/mol. The van der Waals surface area contributed by atoms with Crippen LogP contribution in [0.1, 0.15) is 51.4 Å². The first-order valence-electron chi connectivity index (χ1n) is 9.49. The summed E-state index contributed by atoms with van der Waals surface area (Å²) in [7, 11) is 1.75. The molecular formula is C18H29N3O4. The summed E-state index contributed by atoms with van der Waals surface area (Å²) in [5.74, 6) is 0.285. The van der Waals surface area contributed by atoms with E-state index in [4.69, 9.17) is 4.74 Å². The fraction of sp³-hybridized carbons (Fsp3) is 0.833. The molecule has 3 fully saturated rings. The molecule has 3 saturated heterocycles. The molecule has 0 aromatic carbocycles. The smallest absolute Gasteiger partial charge is 0.410 e. The van der Waals surface area contributed by atoms with Gasteiger partial charge >= 0.3 is 6.09 Å². The zero-order valence-electron chi connectivity index (χ0n) is 15.2. The summed E-state index contributed by atoms with van der Waals surface area (Å²) in [6.45, 7) is 3.23. The monoisotopic (exact) mass is 351 g/mol. The van der Waals surface area contributed by atoms with Crippen LogP contribution >= 0.6 is 0 Å². The van der Waals surface area contributed by atoms with Gasteiger partial charge in [0, 0.05) is 52.5 Å². The first-order valence-corrected chi connectivity index (χ1v) is 9.49. The van der Waals surface area contributed by atoms with Crippen molar-refractivity contribution in [3.8, 4) is 0 Å². The maximum Gasteiger partial charge on any atom is 0.410 e. The molecule has 0 N–H and O–H groups in total. The van der Waals surface area contributed by atoms with Gasteiger partial charge in [-0.15, -0.1) is 0 Å². The lowest BCUT2D eigenvalue weighted by atomic mass is 9.95. The van der Waals surface area contributed by atoms with Crippen molar-refractivity contribution >= 4 is 17.9 Å². The second kappa shape index (κ2) is 7.62. The van der Waals surface area contributed by atoms with E-state index in [-0.39, 0.29) is 17.9 Å². The SMILES string of the molecule is CN1CC2(CCCN(C(=O)CCN3CCCCCC3=O)CC2)OC1=O. The van der Waals surface area contributed by atoms with Crippen LogP contribution in [0.5, 0.6) is 0 Å². The second-order valence-corrected chi connectivity index (χ2v) is 7.58. The predicted molar refractivity (Wildman–Crippen MR) is 91.9 cm³/mol. The standard InChI is InChI=1S/C18H29N3O4/c1-19-14-18(25-17(19)24)8-5-11-21(13-9-18)16(23)7-12-20-10-4-2-3-6-15(20)22/h2-14H2,1H3. The van der Waals surface area contributed by atoms with Crippen LogP contribution in [0.4, 0.5) is 4.79 Å². The normalized spacial score (nSPS) is 28.1.